The van der Waals surface area contributed by atoms with E-state index >= 15 is 0 Å². The van der Waals surface area contributed by atoms with Gasteiger partial charge in [0.1, 0.15) is 0 Å². The van der Waals surface area contributed by atoms with Gasteiger partial charge in [0.15, 0.2) is 0 Å². The summed E-state index contributed by atoms with van der Waals surface area (Å²) in [5.74, 6) is -0.549. The Bertz CT molecular complexity index is 691. The van der Waals surface area contributed by atoms with Crippen molar-refractivity contribution in [3.63, 3.8) is 0 Å². The molecule has 0 radical (unpaired) electrons. The average molecular weight is 322 g/mol. The van der Waals surface area contributed by atoms with E-state index in [1.54, 1.807) is 6.08 Å². The lowest BCUT2D eigenvalue weighted by Crippen LogP contribution is -2.31. The minimum Gasteiger partial charge on any atom is -0.343 e. The molecule has 0 fully saturated rings. The smallest absolute Gasteiger partial charge is 0.244 e. The molecule has 0 aliphatic carbocycles. The molecule has 2 rings (SSSR count). The summed E-state index contributed by atoms with van der Waals surface area (Å²) in [6.45, 7) is 2.07. The van der Waals surface area contributed by atoms with Crippen LogP contribution in [0.4, 0.5) is 5.69 Å². The molecule has 24 heavy (non-hydrogen) atoms. The van der Waals surface area contributed by atoms with Crippen LogP contribution >= 0.6 is 0 Å². The molecule has 2 N–H and O–H groups in total. The van der Waals surface area contributed by atoms with Crippen LogP contribution in [0.25, 0.3) is 6.08 Å². The summed E-state index contributed by atoms with van der Waals surface area (Å²) in [4.78, 5) is 23.6. The Morgan fingerprint density at radius 3 is 2.38 bits per heavy atom. The first-order valence-electron chi connectivity index (χ1n) is 8.07. The summed E-state index contributed by atoms with van der Waals surface area (Å²) in [5.41, 5.74) is 2.91. The van der Waals surface area contributed by atoms with E-state index in [4.69, 9.17) is 0 Å². The van der Waals surface area contributed by atoms with E-state index in [9.17, 15) is 9.59 Å². The second-order valence-corrected chi connectivity index (χ2v) is 5.46. The van der Waals surface area contributed by atoms with E-state index in [1.807, 2.05) is 54.6 Å². The molecule has 0 unspecified atom stereocenters. The first-order valence-corrected chi connectivity index (χ1v) is 8.07. The van der Waals surface area contributed by atoms with Crippen LogP contribution in [0.1, 0.15) is 24.5 Å². The van der Waals surface area contributed by atoms with Crippen molar-refractivity contribution in [3.05, 3.63) is 71.8 Å². The number of hydrogen-bond acceptors (Lipinski definition) is 2. The predicted molar refractivity (Wildman–Crippen MR) is 97.6 cm³/mol. The highest BCUT2D eigenvalue weighted by Crippen LogP contribution is 2.10. The lowest BCUT2D eigenvalue weighted by molar-refractivity contribution is -0.121. The predicted octanol–water partition coefficient (Wildman–Crippen LogP) is 3.41. The molecular weight excluding hydrogens is 300 g/mol. The summed E-state index contributed by atoms with van der Waals surface area (Å²) in [6, 6.07) is 17.3. The van der Waals surface area contributed by atoms with Gasteiger partial charge in [-0.15, -0.1) is 0 Å². The minimum absolute atomic E-state index is 0.0608. The van der Waals surface area contributed by atoms with Crippen molar-refractivity contribution >= 4 is 23.6 Å². The standard InChI is InChI=1S/C20H22N2O2/c1-2-6-16-9-12-18(13-10-16)22-20(24)15-21-19(23)14-11-17-7-4-3-5-8-17/h3-5,7-14H,2,6,15H2,1H3,(H,21,23)(H,22,24)/b14-11+. The molecule has 0 saturated heterocycles. The number of hydrogen-bond donors (Lipinski definition) is 2. The van der Waals surface area contributed by atoms with Gasteiger partial charge < -0.3 is 10.6 Å². The number of benzene rings is 2. The van der Waals surface area contributed by atoms with Crippen LogP contribution in [0, 0.1) is 0 Å². The molecule has 0 aliphatic rings. The Morgan fingerprint density at radius 2 is 1.71 bits per heavy atom. The summed E-state index contributed by atoms with van der Waals surface area (Å²) >= 11 is 0. The number of aryl methyl sites for hydroxylation is 1. The minimum atomic E-state index is -0.299. The van der Waals surface area contributed by atoms with E-state index < -0.39 is 0 Å². The summed E-state index contributed by atoms with van der Waals surface area (Å²) in [6.07, 6.45) is 5.24. The van der Waals surface area contributed by atoms with Crippen LogP contribution in [0.2, 0.25) is 0 Å². The largest absolute Gasteiger partial charge is 0.343 e. The molecule has 4 nitrogen and oxygen atoms in total. The van der Waals surface area contributed by atoms with E-state index in [1.165, 1.54) is 11.6 Å². The second kappa shape index (κ2) is 9.30. The third-order valence-corrected chi connectivity index (χ3v) is 3.43. The zero-order valence-corrected chi connectivity index (χ0v) is 13.8. The quantitative estimate of drug-likeness (QED) is 0.768. The zero-order chi connectivity index (χ0) is 17.2. The maximum absolute atomic E-state index is 11.9. The van der Waals surface area contributed by atoms with Gasteiger partial charge in [-0.3, -0.25) is 9.59 Å². The van der Waals surface area contributed by atoms with Crippen LogP contribution in [-0.2, 0) is 16.0 Å². The first-order chi connectivity index (χ1) is 11.7. The Labute approximate surface area is 142 Å². The molecule has 2 aromatic carbocycles. The molecule has 2 aromatic rings. The van der Waals surface area contributed by atoms with E-state index in [0.717, 1.165) is 24.1 Å². The number of nitrogens with one attached hydrogen (secondary N) is 2. The van der Waals surface area contributed by atoms with Crippen LogP contribution in [0.15, 0.2) is 60.7 Å². The maximum Gasteiger partial charge on any atom is 0.244 e. The van der Waals surface area contributed by atoms with Crippen molar-refractivity contribution in [2.75, 3.05) is 11.9 Å². The Hall–Kier alpha value is -2.88. The molecule has 0 bridgehead atoms. The van der Waals surface area contributed by atoms with Crippen molar-refractivity contribution in [1.29, 1.82) is 0 Å². The number of anilines is 1. The molecule has 0 heterocycles. The zero-order valence-electron chi connectivity index (χ0n) is 13.8. The fourth-order valence-corrected chi connectivity index (χ4v) is 2.21. The number of carbonyl (C=O) groups is 2. The average Bonchev–Trinajstić information content (AvgIpc) is 2.61. The third-order valence-electron chi connectivity index (χ3n) is 3.43. The van der Waals surface area contributed by atoms with Gasteiger partial charge in [-0.25, -0.2) is 0 Å². The third kappa shape index (κ3) is 6.08. The van der Waals surface area contributed by atoms with Crippen molar-refractivity contribution in [2.45, 2.75) is 19.8 Å². The van der Waals surface area contributed by atoms with Crippen LogP contribution in [0.3, 0.4) is 0 Å². The van der Waals surface area contributed by atoms with Gasteiger partial charge in [0.25, 0.3) is 0 Å². The Balaban J connectivity index is 1.76. The molecule has 0 atom stereocenters. The van der Waals surface area contributed by atoms with E-state index in [2.05, 4.69) is 17.6 Å². The lowest BCUT2D eigenvalue weighted by atomic mass is 10.1. The molecule has 4 heteroatoms. The maximum atomic E-state index is 11.9. The molecule has 124 valence electrons. The molecule has 0 aliphatic heterocycles. The van der Waals surface area contributed by atoms with Crippen LogP contribution in [-0.4, -0.2) is 18.4 Å². The highest BCUT2D eigenvalue weighted by atomic mass is 16.2. The molecule has 0 spiro atoms. The normalized spacial score (nSPS) is 10.5. The topological polar surface area (TPSA) is 58.2 Å². The Kier molecular flexibility index (Phi) is 6.77. The van der Waals surface area contributed by atoms with E-state index in [0.29, 0.717) is 0 Å². The Morgan fingerprint density at radius 1 is 1.00 bits per heavy atom. The van der Waals surface area contributed by atoms with Crippen molar-refractivity contribution < 1.29 is 9.59 Å². The van der Waals surface area contributed by atoms with Crippen LogP contribution in [0.5, 0.6) is 0 Å². The van der Waals surface area contributed by atoms with Gasteiger partial charge in [-0.2, -0.15) is 0 Å². The fraction of sp³-hybridized carbons (Fsp3) is 0.200. The summed E-state index contributed by atoms with van der Waals surface area (Å²) in [5, 5.41) is 5.33. The van der Waals surface area contributed by atoms with Gasteiger partial charge in [-0.1, -0.05) is 55.8 Å². The van der Waals surface area contributed by atoms with Gasteiger partial charge in [0, 0.05) is 11.8 Å². The number of amides is 2. The molecule has 2 amide bonds. The van der Waals surface area contributed by atoms with Gasteiger partial charge >= 0.3 is 0 Å². The lowest BCUT2D eigenvalue weighted by Gasteiger charge is -2.06. The van der Waals surface area contributed by atoms with Gasteiger partial charge in [-0.05, 0) is 35.8 Å². The molecular formula is C20H22N2O2. The number of carbonyl (C=O) groups excluding carboxylic acids is 2. The van der Waals surface area contributed by atoms with Gasteiger partial charge in [0.05, 0.1) is 6.54 Å². The highest BCUT2D eigenvalue weighted by molar-refractivity contribution is 5.97. The van der Waals surface area contributed by atoms with Crippen molar-refractivity contribution in [3.8, 4) is 0 Å². The SMILES string of the molecule is CCCc1ccc(NC(=O)CNC(=O)/C=C/c2ccccc2)cc1. The summed E-state index contributed by atoms with van der Waals surface area (Å²) in [7, 11) is 0. The highest BCUT2D eigenvalue weighted by Gasteiger charge is 2.04. The van der Waals surface area contributed by atoms with Crippen molar-refractivity contribution in [2.24, 2.45) is 0 Å². The molecule has 0 saturated carbocycles. The molecule has 0 aromatic heterocycles. The monoisotopic (exact) mass is 322 g/mol. The van der Waals surface area contributed by atoms with Crippen molar-refractivity contribution in [1.82, 2.24) is 5.32 Å². The van der Waals surface area contributed by atoms with Crippen LogP contribution < -0.4 is 10.6 Å². The van der Waals surface area contributed by atoms with Gasteiger partial charge in [0.2, 0.25) is 11.8 Å². The first kappa shape index (κ1) is 17.5. The number of rotatable bonds is 7. The second-order valence-electron chi connectivity index (χ2n) is 5.46. The summed E-state index contributed by atoms with van der Waals surface area (Å²) < 4.78 is 0. The fourth-order valence-electron chi connectivity index (χ4n) is 2.21. The van der Waals surface area contributed by atoms with E-state index in [-0.39, 0.29) is 18.4 Å².